The third-order valence-corrected chi connectivity index (χ3v) is 4.98. The third-order valence-electron chi connectivity index (χ3n) is 3.58. The molecule has 17 heavy (non-hydrogen) atoms. The molecular formula is C15H23NS. The van der Waals surface area contributed by atoms with Gasteiger partial charge in [-0.3, -0.25) is 0 Å². The molecule has 1 N–H and O–H groups in total. The molecule has 0 radical (unpaired) electrons. The van der Waals surface area contributed by atoms with E-state index in [0.29, 0.717) is 11.3 Å². The van der Waals surface area contributed by atoms with Crippen LogP contribution in [0.4, 0.5) is 0 Å². The van der Waals surface area contributed by atoms with Crippen molar-refractivity contribution in [3.8, 4) is 0 Å². The minimum absolute atomic E-state index is 0.510. The van der Waals surface area contributed by atoms with Crippen LogP contribution in [-0.2, 0) is 6.42 Å². The molecule has 1 saturated heterocycles. The highest BCUT2D eigenvalue weighted by atomic mass is 32.2. The van der Waals surface area contributed by atoms with Crippen molar-refractivity contribution in [2.24, 2.45) is 0 Å². The van der Waals surface area contributed by atoms with Gasteiger partial charge in [0.2, 0.25) is 0 Å². The fourth-order valence-electron chi connectivity index (χ4n) is 2.47. The average molecular weight is 249 g/mol. The minimum atomic E-state index is 0.510. The zero-order chi connectivity index (χ0) is 12.3. The van der Waals surface area contributed by atoms with Crippen LogP contribution >= 0.6 is 11.8 Å². The number of benzene rings is 1. The Labute approximate surface area is 109 Å². The number of hydrogen-bond donors (Lipinski definition) is 1. The van der Waals surface area contributed by atoms with Crippen LogP contribution in [-0.4, -0.2) is 17.0 Å². The summed E-state index contributed by atoms with van der Waals surface area (Å²) in [5.41, 5.74) is 2.87. The summed E-state index contributed by atoms with van der Waals surface area (Å²) < 4.78 is 0. The van der Waals surface area contributed by atoms with Gasteiger partial charge in [0.15, 0.2) is 0 Å². The molecule has 3 atom stereocenters. The van der Waals surface area contributed by atoms with E-state index < -0.39 is 0 Å². The van der Waals surface area contributed by atoms with Crippen LogP contribution in [0.25, 0.3) is 0 Å². The fraction of sp³-hybridized carbons (Fsp3) is 0.600. The highest BCUT2D eigenvalue weighted by Gasteiger charge is 2.24. The molecule has 1 aromatic rings. The van der Waals surface area contributed by atoms with Crippen LogP contribution < -0.4 is 5.32 Å². The highest BCUT2D eigenvalue weighted by Crippen LogP contribution is 2.32. The number of nitrogens with one attached hydrogen (secondary N) is 1. The van der Waals surface area contributed by atoms with Crippen molar-refractivity contribution < 1.29 is 0 Å². The predicted octanol–water partition coefficient (Wildman–Crippen LogP) is 3.79. The zero-order valence-electron chi connectivity index (χ0n) is 11.1. The molecule has 0 amide bonds. The number of aryl methyl sites for hydroxylation is 1. The minimum Gasteiger partial charge on any atom is -0.309 e. The van der Waals surface area contributed by atoms with Crippen LogP contribution in [0.1, 0.15) is 44.4 Å². The monoisotopic (exact) mass is 249 g/mol. The van der Waals surface area contributed by atoms with E-state index in [9.17, 15) is 0 Å². The Bertz CT molecular complexity index is 346. The maximum atomic E-state index is 3.69. The predicted molar refractivity (Wildman–Crippen MR) is 77.7 cm³/mol. The summed E-state index contributed by atoms with van der Waals surface area (Å²) in [6.07, 6.45) is 2.40. The molecular weight excluding hydrogens is 226 g/mol. The van der Waals surface area contributed by atoms with Gasteiger partial charge >= 0.3 is 0 Å². The van der Waals surface area contributed by atoms with Gasteiger partial charge in [0.1, 0.15) is 0 Å². The summed E-state index contributed by atoms with van der Waals surface area (Å²) in [6, 6.07) is 9.63. The van der Waals surface area contributed by atoms with Gasteiger partial charge in [0, 0.05) is 16.5 Å². The lowest BCUT2D eigenvalue weighted by Crippen LogP contribution is -2.27. The number of rotatable bonds is 2. The summed E-state index contributed by atoms with van der Waals surface area (Å²) >= 11 is 2.11. The maximum absolute atomic E-state index is 3.69. The molecule has 1 heterocycles. The molecule has 94 valence electrons. The molecule has 1 aliphatic heterocycles. The molecule has 1 fully saturated rings. The number of hydrogen-bond acceptors (Lipinski definition) is 2. The molecule has 3 unspecified atom stereocenters. The molecule has 0 spiro atoms. The smallest absolute Gasteiger partial charge is 0.0438 e. The van der Waals surface area contributed by atoms with Crippen molar-refractivity contribution in [3.05, 3.63) is 35.4 Å². The van der Waals surface area contributed by atoms with Crippen molar-refractivity contribution in [2.75, 3.05) is 6.54 Å². The van der Waals surface area contributed by atoms with Gasteiger partial charge in [0.05, 0.1) is 0 Å². The van der Waals surface area contributed by atoms with Gasteiger partial charge < -0.3 is 5.32 Å². The second-order valence-corrected chi connectivity index (χ2v) is 6.79. The second-order valence-electron chi connectivity index (χ2n) is 4.97. The summed E-state index contributed by atoms with van der Waals surface area (Å²) in [4.78, 5) is 0. The molecule has 2 rings (SSSR count). The topological polar surface area (TPSA) is 12.0 Å². The first-order chi connectivity index (χ1) is 8.20. The van der Waals surface area contributed by atoms with Gasteiger partial charge in [-0.05, 0) is 30.5 Å². The Kier molecular flexibility index (Phi) is 4.52. The molecule has 1 aliphatic rings. The zero-order valence-corrected chi connectivity index (χ0v) is 11.9. The molecule has 1 nitrogen and oxygen atoms in total. The van der Waals surface area contributed by atoms with Gasteiger partial charge in [0.25, 0.3) is 0 Å². The van der Waals surface area contributed by atoms with Crippen molar-refractivity contribution in [1.82, 2.24) is 5.32 Å². The van der Waals surface area contributed by atoms with Crippen LogP contribution in [0, 0.1) is 0 Å². The summed E-state index contributed by atoms with van der Waals surface area (Å²) in [7, 11) is 0. The quantitative estimate of drug-likeness (QED) is 0.856. The SMILES string of the molecule is CCc1ccc(C2NCCC(C)SC2C)cc1. The molecule has 1 aromatic carbocycles. The van der Waals surface area contributed by atoms with Crippen LogP contribution in [0.5, 0.6) is 0 Å². The van der Waals surface area contributed by atoms with Gasteiger partial charge in [-0.15, -0.1) is 0 Å². The van der Waals surface area contributed by atoms with E-state index in [1.807, 2.05) is 0 Å². The Balaban J connectivity index is 2.13. The maximum Gasteiger partial charge on any atom is 0.0438 e. The molecule has 0 saturated carbocycles. The van der Waals surface area contributed by atoms with E-state index in [2.05, 4.69) is 62.1 Å². The van der Waals surface area contributed by atoms with E-state index in [-0.39, 0.29) is 0 Å². The second kappa shape index (κ2) is 5.92. The Morgan fingerprint density at radius 3 is 2.59 bits per heavy atom. The lowest BCUT2D eigenvalue weighted by Gasteiger charge is -2.23. The highest BCUT2D eigenvalue weighted by molar-refractivity contribution is 8.00. The summed E-state index contributed by atoms with van der Waals surface area (Å²) in [6.45, 7) is 8.03. The molecule has 0 aliphatic carbocycles. The third kappa shape index (κ3) is 3.26. The first-order valence-corrected chi connectivity index (χ1v) is 7.62. The summed E-state index contributed by atoms with van der Waals surface area (Å²) in [5.74, 6) is 0. The van der Waals surface area contributed by atoms with Gasteiger partial charge in [-0.25, -0.2) is 0 Å². The standard InChI is InChI=1S/C15H23NS/c1-4-13-5-7-14(8-6-13)15-12(3)17-11(2)9-10-16-15/h5-8,11-12,15-16H,4,9-10H2,1-3H3. The van der Waals surface area contributed by atoms with E-state index in [1.165, 1.54) is 17.5 Å². The van der Waals surface area contributed by atoms with Crippen molar-refractivity contribution >= 4 is 11.8 Å². The lowest BCUT2D eigenvalue weighted by molar-refractivity contribution is 0.535. The molecule has 2 heteroatoms. The van der Waals surface area contributed by atoms with Crippen LogP contribution in [0.2, 0.25) is 0 Å². The van der Waals surface area contributed by atoms with E-state index in [4.69, 9.17) is 0 Å². The van der Waals surface area contributed by atoms with Gasteiger partial charge in [-0.1, -0.05) is 45.0 Å². The normalized spacial score (nSPS) is 29.9. The number of thioether (sulfide) groups is 1. The van der Waals surface area contributed by atoms with Crippen LogP contribution in [0.15, 0.2) is 24.3 Å². The van der Waals surface area contributed by atoms with Gasteiger partial charge in [-0.2, -0.15) is 11.8 Å². The summed E-state index contributed by atoms with van der Waals surface area (Å²) in [5, 5.41) is 5.12. The average Bonchev–Trinajstić information content (AvgIpc) is 2.50. The van der Waals surface area contributed by atoms with E-state index in [1.54, 1.807) is 0 Å². The van der Waals surface area contributed by atoms with Crippen molar-refractivity contribution in [2.45, 2.75) is 50.2 Å². The Morgan fingerprint density at radius 1 is 1.24 bits per heavy atom. The largest absolute Gasteiger partial charge is 0.309 e. The van der Waals surface area contributed by atoms with Crippen molar-refractivity contribution in [1.29, 1.82) is 0 Å². The Hall–Kier alpha value is -0.470. The molecule has 0 aromatic heterocycles. The van der Waals surface area contributed by atoms with Crippen LogP contribution in [0.3, 0.4) is 0 Å². The molecule has 0 bridgehead atoms. The lowest BCUT2D eigenvalue weighted by atomic mass is 10.0. The first-order valence-electron chi connectivity index (χ1n) is 6.68. The first kappa shape index (κ1) is 13.0. The van der Waals surface area contributed by atoms with E-state index in [0.717, 1.165) is 18.2 Å². The van der Waals surface area contributed by atoms with E-state index >= 15 is 0 Å². The fourth-order valence-corrected chi connectivity index (χ4v) is 3.87. The van der Waals surface area contributed by atoms with Crippen molar-refractivity contribution in [3.63, 3.8) is 0 Å². The Morgan fingerprint density at radius 2 is 1.94 bits per heavy atom.